The minimum absolute atomic E-state index is 0.115. The Morgan fingerprint density at radius 3 is 2.50 bits per heavy atom. The van der Waals surface area contributed by atoms with Crippen molar-refractivity contribution in [2.75, 3.05) is 33.5 Å². The summed E-state index contributed by atoms with van der Waals surface area (Å²) >= 11 is 0. The molecule has 1 aliphatic heterocycles. The van der Waals surface area contributed by atoms with E-state index in [4.69, 9.17) is 9.47 Å². The van der Waals surface area contributed by atoms with Crippen LogP contribution in [0, 0.1) is 0 Å². The molecule has 1 aliphatic rings. The van der Waals surface area contributed by atoms with Crippen molar-refractivity contribution >= 4 is 12.0 Å². The van der Waals surface area contributed by atoms with Gasteiger partial charge in [-0.05, 0) is 13.8 Å². The highest BCUT2D eigenvalue weighted by molar-refractivity contribution is 5.86. The zero-order valence-electron chi connectivity index (χ0n) is 12.3. The molecule has 0 radical (unpaired) electrons. The Balaban J connectivity index is 2.76. The second-order valence-corrected chi connectivity index (χ2v) is 5.02. The Labute approximate surface area is 119 Å². The largest absolute Gasteiger partial charge is 0.480 e. The molecule has 2 N–H and O–H groups in total. The number of methoxy groups -OCH3 is 1. The summed E-state index contributed by atoms with van der Waals surface area (Å²) in [6.45, 7) is 5.29. The predicted molar refractivity (Wildman–Crippen MR) is 72.7 cm³/mol. The van der Waals surface area contributed by atoms with Crippen LogP contribution in [0.25, 0.3) is 0 Å². The number of carboxylic acids is 1. The van der Waals surface area contributed by atoms with Gasteiger partial charge in [-0.25, -0.2) is 9.59 Å². The molecule has 1 heterocycles. The van der Waals surface area contributed by atoms with Gasteiger partial charge in [0, 0.05) is 39.7 Å². The lowest BCUT2D eigenvalue weighted by molar-refractivity contribution is -0.148. The Kier molecular flexibility index (Phi) is 6.22. The molecule has 0 spiro atoms. The fourth-order valence-electron chi connectivity index (χ4n) is 2.38. The van der Waals surface area contributed by atoms with E-state index in [0.717, 1.165) is 0 Å². The molecular formula is C13H24N2O5. The molecule has 0 aromatic heterocycles. The lowest BCUT2D eigenvalue weighted by Gasteiger charge is -2.37. The monoisotopic (exact) mass is 288 g/mol. The molecule has 0 aromatic carbocycles. The molecule has 1 unspecified atom stereocenters. The lowest BCUT2D eigenvalue weighted by Crippen LogP contribution is -2.61. The number of amides is 2. The second kappa shape index (κ2) is 7.44. The van der Waals surface area contributed by atoms with Crippen molar-refractivity contribution in [3.8, 4) is 0 Å². The summed E-state index contributed by atoms with van der Waals surface area (Å²) in [5, 5.41) is 12.1. The third-order valence-electron chi connectivity index (χ3n) is 3.64. The van der Waals surface area contributed by atoms with Gasteiger partial charge in [-0.3, -0.25) is 0 Å². The molecule has 0 saturated carbocycles. The third-order valence-corrected chi connectivity index (χ3v) is 3.64. The van der Waals surface area contributed by atoms with Crippen molar-refractivity contribution in [2.24, 2.45) is 0 Å². The number of urea groups is 1. The van der Waals surface area contributed by atoms with Crippen LogP contribution in [0.3, 0.4) is 0 Å². The van der Waals surface area contributed by atoms with Crippen LogP contribution < -0.4 is 5.32 Å². The highest BCUT2D eigenvalue weighted by atomic mass is 16.5. The van der Waals surface area contributed by atoms with E-state index in [2.05, 4.69) is 5.32 Å². The Morgan fingerprint density at radius 1 is 1.45 bits per heavy atom. The Morgan fingerprint density at radius 2 is 2.05 bits per heavy atom. The van der Waals surface area contributed by atoms with E-state index >= 15 is 0 Å². The van der Waals surface area contributed by atoms with Gasteiger partial charge >= 0.3 is 12.0 Å². The highest BCUT2D eigenvalue weighted by Crippen LogP contribution is 2.21. The number of nitrogens with zero attached hydrogens (tertiary/aromatic N) is 1. The number of nitrogens with one attached hydrogen (secondary N) is 1. The van der Waals surface area contributed by atoms with E-state index in [9.17, 15) is 14.7 Å². The molecular weight excluding hydrogens is 264 g/mol. The van der Waals surface area contributed by atoms with Gasteiger partial charge < -0.3 is 24.8 Å². The van der Waals surface area contributed by atoms with E-state index in [-0.39, 0.29) is 24.9 Å². The molecule has 7 nitrogen and oxygen atoms in total. The van der Waals surface area contributed by atoms with Crippen LogP contribution in [0.4, 0.5) is 4.79 Å². The number of carbonyl (C=O) groups is 2. The molecule has 1 atom stereocenters. The van der Waals surface area contributed by atoms with Gasteiger partial charge in [0.1, 0.15) is 5.54 Å². The van der Waals surface area contributed by atoms with Crippen LogP contribution in [0.2, 0.25) is 0 Å². The molecule has 0 bridgehead atoms. The zero-order chi connectivity index (χ0) is 15.2. The molecule has 1 rings (SSSR count). The summed E-state index contributed by atoms with van der Waals surface area (Å²) in [6, 6.07) is -0.489. The smallest absolute Gasteiger partial charge is 0.329 e. The van der Waals surface area contributed by atoms with E-state index in [1.165, 1.54) is 0 Å². The Hall–Kier alpha value is -1.34. The van der Waals surface area contributed by atoms with Crippen LogP contribution in [-0.2, 0) is 14.3 Å². The summed E-state index contributed by atoms with van der Waals surface area (Å²) in [5.74, 6) is -1.01. The van der Waals surface area contributed by atoms with Crippen LogP contribution in [-0.4, -0.2) is 67.1 Å². The topological polar surface area (TPSA) is 88.1 Å². The van der Waals surface area contributed by atoms with Gasteiger partial charge in [-0.2, -0.15) is 0 Å². The number of hydrogen-bond acceptors (Lipinski definition) is 4. The maximum absolute atomic E-state index is 12.3. The van der Waals surface area contributed by atoms with Gasteiger partial charge in [-0.1, -0.05) is 0 Å². The fraction of sp³-hybridized carbons (Fsp3) is 0.846. The summed E-state index contributed by atoms with van der Waals surface area (Å²) in [6.07, 6.45) is 0.564. The number of carbonyl (C=O) groups excluding carboxylic acids is 1. The lowest BCUT2D eigenvalue weighted by atomic mass is 9.90. The molecule has 116 valence electrons. The van der Waals surface area contributed by atoms with Gasteiger partial charge in [0.2, 0.25) is 0 Å². The van der Waals surface area contributed by atoms with Crippen molar-refractivity contribution < 1.29 is 24.2 Å². The van der Waals surface area contributed by atoms with Crippen molar-refractivity contribution in [3.05, 3.63) is 0 Å². The zero-order valence-corrected chi connectivity index (χ0v) is 12.3. The molecule has 0 aromatic rings. The second-order valence-electron chi connectivity index (χ2n) is 5.02. The van der Waals surface area contributed by atoms with E-state index in [1.807, 2.05) is 13.8 Å². The summed E-state index contributed by atoms with van der Waals surface area (Å²) in [5.41, 5.74) is -1.23. The summed E-state index contributed by atoms with van der Waals surface area (Å²) < 4.78 is 10.2. The normalized spacial score (nSPS) is 19.1. The van der Waals surface area contributed by atoms with Crippen molar-refractivity contribution in [2.45, 2.75) is 38.3 Å². The minimum Gasteiger partial charge on any atom is -0.480 e. The van der Waals surface area contributed by atoms with Crippen molar-refractivity contribution in [1.82, 2.24) is 10.2 Å². The first-order valence-electron chi connectivity index (χ1n) is 6.85. The van der Waals surface area contributed by atoms with Gasteiger partial charge in [0.15, 0.2) is 0 Å². The highest BCUT2D eigenvalue weighted by Gasteiger charge is 2.42. The standard InChI is InChI=1S/C13H24N2O5/c1-4-15(10(2)9-19-3)12(18)14-13(11(16)17)5-7-20-8-6-13/h10H,4-9H2,1-3H3,(H,14,18)(H,16,17). The maximum Gasteiger partial charge on any atom is 0.329 e. The average Bonchev–Trinajstić information content (AvgIpc) is 2.40. The first-order chi connectivity index (χ1) is 9.46. The Bertz CT molecular complexity index is 342. The van der Waals surface area contributed by atoms with Crippen LogP contribution >= 0.6 is 0 Å². The van der Waals surface area contributed by atoms with Crippen molar-refractivity contribution in [1.29, 1.82) is 0 Å². The van der Waals surface area contributed by atoms with Gasteiger partial charge in [0.25, 0.3) is 0 Å². The van der Waals surface area contributed by atoms with Crippen molar-refractivity contribution in [3.63, 3.8) is 0 Å². The molecule has 2 amide bonds. The van der Waals surface area contributed by atoms with Crippen LogP contribution in [0.1, 0.15) is 26.7 Å². The number of hydrogen-bond donors (Lipinski definition) is 2. The first-order valence-corrected chi connectivity index (χ1v) is 6.85. The quantitative estimate of drug-likeness (QED) is 0.750. The third kappa shape index (κ3) is 3.83. The fourth-order valence-corrected chi connectivity index (χ4v) is 2.38. The van der Waals surface area contributed by atoms with E-state index < -0.39 is 11.5 Å². The number of aliphatic carboxylic acids is 1. The number of ether oxygens (including phenoxy) is 2. The number of rotatable bonds is 6. The molecule has 20 heavy (non-hydrogen) atoms. The van der Waals surface area contributed by atoms with Gasteiger partial charge in [-0.15, -0.1) is 0 Å². The first kappa shape index (κ1) is 16.7. The number of carboxylic acid groups (broad SMARTS) is 1. The SMILES string of the molecule is CCN(C(=O)NC1(C(=O)O)CCOCC1)C(C)COC. The van der Waals surface area contributed by atoms with Gasteiger partial charge in [0.05, 0.1) is 12.6 Å². The molecule has 7 heteroatoms. The summed E-state index contributed by atoms with van der Waals surface area (Å²) in [4.78, 5) is 25.4. The van der Waals surface area contributed by atoms with E-state index in [1.54, 1.807) is 12.0 Å². The maximum atomic E-state index is 12.3. The molecule has 1 saturated heterocycles. The van der Waals surface area contributed by atoms with Crippen LogP contribution in [0.15, 0.2) is 0 Å². The number of likely N-dealkylation sites (N-methyl/N-ethyl adjacent to an activating group) is 1. The molecule has 0 aliphatic carbocycles. The molecule has 1 fully saturated rings. The summed E-state index contributed by atoms with van der Waals surface area (Å²) in [7, 11) is 1.57. The average molecular weight is 288 g/mol. The minimum atomic E-state index is -1.23. The van der Waals surface area contributed by atoms with E-state index in [0.29, 0.717) is 26.4 Å². The van der Waals surface area contributed by atoms with Crippen LogP contribution in [0.5, 0.6) is 0 Å². The predicted octanol–water partition coefficient (Wildman–Crippen LogP) is 0.687.